The van der Waals surface area contributed by atoms with Gasteiger partial charge in [0.2, 0.25) is 0 Å². The highest BCUT2D eigenvalue weighted by Crippen LogP contribution is 2.39. The molecule has 0 bridgehead atoms. The van der Waals surface area contributed by atoms with Crippen LogP contribution in [-0.2, 0) is 0 Å². The molecule has 0 aliphatic rings. The van der Waals surface area contributed by atoms with Crippen molar-refractivity contribution in [2.24, 2.45) is 0 Å². The molecule has 1 N–H and O–H groups in total. The van der Waals surface area contributed by atoms with E-state index in [0.29, 0.717) is 60.6 Å². The Morgan fingerprint density at radius 3 is 2.42 bits per heavy atom. The van der Waals surface area contributed by atoms with Crippen LogP contribution in [0.5, 0.6) is 11.5 Å². The zero-order valence-corrected chi connectivity index (χ0v) is 21.5. The van der Waals surface area contributed by atoms with E-state index >= 15 is 0 Å². The number of nitrogens with one attached hydrogen (secondary N) is 1. The van der Waals surface area contributed by atoms with E-state index in [-0.39, 0.29) is 0 Å². The summed E-state index contributed by atoms with van der Waals surface area (Å²) in [5.74, 6) is 8.01. The van der Waals surface area contributed by atoms with Crippen LogP contribution in [0, 0.1) is 23.2 Å². The monoisotopic (exact) mass is 517 g/mol. The van der Waals surface area contributed by atoms with E-state index in [0.717, 1.165) is 5.82 Å². The molecule has 0 aliphatic heterocycles. The molecule has 0 saturated heterocycles. The Hall–Kier alpha value is -4.17. The lowest BCUT2D eigenvalue weighted by atomic mass is 10.1. The van der Waals surface area contributed by atoms with Crippen LogP contribution in [-0.4, -0.2) is 38.3 Å². The Labute approximate surface area is 219 Å². The number of methoxy groups -OCH3 is 2. The maximum Gasteiger partial charge on any atom is 0.139 e. The van der Waals surface area contributed by atoms with Crippen molar-refractivity contribution in [1.82, 2.24) is 9.97 Å². The second kappa shape index (κ2) is 10.6. The lowest BCUT2D eigenvalue weighted by Gasteiger charge is -2.15. The first-order valence-electron chi connectivity index (χ1n) is 10.7. The zero-order chi connectivity index (χ0) is 25.8. The minimum atomic E-state index is 0.332. The van der Waals surface area contributed by atoms with Gasteiger partial charge in [-0.1, -0.05) is 35.2 Å². The van der Waals surface area contributed by atoms with Crippen molar-refractivity contribution >= 4 is 51.3 Å². The highest BCUT2D eigenvalue weighted by Gasteiger charge is 2.16. The van der Waals surface area contributed by atoms with Gasteiger partial charge in [-0.15, -0.1) is 0 Å². The molecule has 4 aromatic rings. The summed E-state index contributed by atoms with van der Waals surface area (Å²) in [6, 6.07) is 14.7. The molecule has 0 amide bonds. The third kappa shape index (κ3) is 5.08. The second-order valence-electron chi connectivity index (χ2n) is 7.85. The van der Waals surface area contributed by atoms with Gasteiger partial charge >= 0.3 is 0 Å². The first-order valence-corrected chi connectivity index (χ1v) is 11.5. The minimum Gasteiger partial charge on any atom is -0.495 e. The highest BCUT2D eigenvalue weighted by molar-refractivity contribution is 6.37. The van der Waals surface area contributed by atoms with E-state index in [1.807, 2.05) is 43.3 Å². The van der Waals surface area contributed by atoms with E-state index in [2.05, 4.69) is 33.2 Å². The van der Waals surface area contributed by atoms with Crippen molar-refractivity contribution in [2.75, 3.05) is 38.5 Å². The largest absolute Gasteiger partial charge is 0.495 e. The average Bonchev–Trinajstić information content (AvgIpc) is 2.88. The summed E-state index contributed by atoms with van der Waals surface area (Å²) in [4.78, 5) is 10.9. The van der Waals surface area contributed by atoms with Crippen molar-refractivity contribution in [2.45, 2.75) is 0 Å². The average molecular weight is 518 g/mol. The molecule has 0 spiro atoms. The van der Waals surface area contributed by atoms with Crippen LogP contribution in [0.25, 0.3) is 10.9 Å². The molecule has 9 heteroatoms. The minimum absolute atomic E-state index is 0.332. The standard InChI is InChI=1S/C27H21Cl2N5O2/c1-34(2)26-7-5-6-18(32-26)9-8-16-10-22-19(11-24(16)35-3)27(17(14-30)15-31-22)33-23-13-25(36-4)21(29)12-20(23)28/h5-7,10-13,15H,1-4H3,(H,31,33). The Morgan fingerprint density at radius 1 is 0.944 bits per heavy atom. The molecule has 0 atom stereocenters. The summed E-state index contributed by atoms with van der Waals surface area (Å²) < 4.78 is 10.9. The topological polar surface area (TPSA) is 83.3 Å². The Morgan fingerprint density at radius 2 is 1.72 bits per heavy atom. The number of halogens is 2. The van der Waals surface area contributed by atoms with Gasteiger partial charge in [-0.05, 0) is 36.3 Å². The van der Waals surface area contributed by atoms with Gasteiger partial charge in [0.05, 0.1) is 52.3 Å². The Balaban J connectivity index is 1.82. The SMILES string of the molecule is COc1cc(Nc2c(C#N)cnc3cc(C#Cc4cccc(N(C)C)n4)c(OC)cc23)c(Cl)cc1Cl. The number of hydrogen-bond acceptors (Lipinski definition) is 7. The molecule has 7 nitrogen and oxygen atoms in total. The summed E-state index contributed by atoms with van der Waals surface area (Å²) >= 11 is 12.6. The van der Waals surface area contributed by atoms with Crippen molar-refractivity contribution < 1.29 is 9.47 Å². The van der Waals surface area contributed by atoms with Crippen LogP contribution in [0.2, 0.25) is 10.0 Å². The van der Waals surface area contributed by atoms with Crippen LogP contribution in [0.15, 0.2) is 48.7 Å². The van der Waals surface area contributed by atoms with Gasteiger partial charge in [-0.25, -0.2) is 4.98 Å². The van der Waals surface area contributed by atoms with Crippen molar-refractivity contribution in [3.63, 3.8) is 0 Å². The molecule has 2 aromatic carbocycles. The van der Waals surface area contributed by atoms with Gasteiger partial charge in [0.15, 0.2) is 0 Å². The molecule has 36 heavy (non-hydrogen) atoms. The first-order chi connectivity index (χ1) is 17.3. The number of hydrogen-bond donors (Lipinski definition) is 1. The van der Waals surface area contributed by atoms with Gasteiger partial charge in [0.25, 0.3) is 0 Å². The molecular formula is C27H21Cl2N5O2. The van der Waals surface area contributed by atoms with E-state index in [4.69, 9.17) is 32.7 Å². The van der Waals surface area contributed by atoms with Crippen LogP contribution in [0.3, 0.4) is 0 Å². The molecular weight excluding hydrogens is 497 g/mol. The Bertz CT molecular complexity index is 1570. The maximum atomic E-state index is 9.75. The molecule has 0 radical (unpaired) electrons. The van der Waals surface area contributed by atoms with Gasteiger partial charge in [0, 0.05) is 31.7 Å². The number of ether oxygens (including phenoxy) is 2. The summed E-state index contributed by atoms with van der Waals surface area (Å²) in [6.07, 6.45) is 1.50. The van der Waals surface area contributed by atoms with Gasteiger partial charge in [0.1, 0.15) is 29.1 Å². The fourth-order valence-electron chi connectivity index (χ4n) is 3.49. The van der Waals surface area contributed by atoms with Crippen LogP contribution in [0.1, 0.15) is 16.8 Å². The van der Waals surface area contributed by atoms with E-state index < -0.39 is 0 Å². The van der Waals surface area contributed by atoms with Crippen LogP contribution >= 0.6 is 23.2 Å². The number of nitriles is 1. The van der Waals surface area contributed by atoms with Gasteiger partial charge in [-0.2, -0.15) is 5.26 Å². The third-order valence-corrected chi connectivity index (χ3v) is 5.94. The lowest BCUT2D eigenvalue weighted by molar-refractivity contribution is 0.414. The molecule has 0 saturated carbocycles. The number of rotatable bonds is 5. The fourth-order valence-corrected chi connectivity index (χ4v) is 4.00. The predicted octanol–water partition coefficient (Wildman–Crippen LogP) is 6.03. The lowest BCUT2D eigenvalue weighted by Crippen LogP contribution is -2.10. The summed E-state index contributed by atoms with van der Waals surface area (Å²) in [5, 5.41) is 14.4. The van der Waals surface area contributed by atoms with Gasteiger partial charge in [-0.3, -0.25) is 4.98 Å². The fraction of sp³-hybridized carbons (Fsp3) is 0.148. The van der Waals surface area contributed by atoms with E-state index in [1.54, 1.807) is 25.3 Å². The summed E-state index contributed by atoms with van der Waals surface area (Å²) in [7, 11) is 6.92. The van der Waals surface area contributed by atoms with E-state index in [1.165, 1.54) is 13.3 Å². The predicted molar refractivity (Wildman–Crippen MR) is 144 cm³/mol. The molecule has 4 rings (SSSR count). The quantitative estimate of drug-likeness (QED) is 0.323. The van der Waals surface area contributed by atoms with Crippen LogP contribution in [0.4, 0.5) is 17.2 Å². The van der Waals surface area contributed by atoms with Crippen molar-refractivity contribution in [3.8, 4) is 29.4 Å². The number of pyridine rings is 2. The summed E-state index contributed by atoms with van der Waals surface area (Å²) in [5.41, 5.74) is 3.26. The van der Waals surface area contributed by atoms with Crippen LogP contribution < -0.4 is 19.7 Å². The highest BCUT2D eigenvalue weighted by atomic mass is 35.5. The zero-order valence-electron chi connectivity index (χ0n) is 20.0. The number of benzene rings is 2. The number of fused-ring (bicyclic) bond motifs is 1. The smallest absolute Gasteiger partial charge is 0.139 e. The molecule has 2 heterocycles. The van der Waals surface area contributed by atoms with Crippen molar-refractivity contribution in [1.29, 1.82) is 5.26 Å². The van der Waals surface area contributed by atoms with Gasteiger partial charge < -0.3 is 19.7 Å². The molecule has 2 aromatic heterocycles. The first kappa shape index (κ1) is 24.9. The van der Waals surface area contributed by atoms with E-state index in [9.17, 15) is 5.26 Å². The Kier molecular flexibility index (Phi) is 7.36. The molecule has 0 aliphatic carbocycles. The molecule has 180 valence electrons. The van der Waals surface area contributed by atoms with Crippen molar-refractivity contribution in [3.05, 3.63) is 75.5 Å². The second-order valence-corrected chi connectivity index (χ2v) is 8.66. The summed E-state index contributed by atoms with van der Waals surface area (Å²) in [6.45, 7) is 0. The number of aromatic nitrogens is 2. The number of nitrogens with zero attached hydrogens (tertiary/aromatic N) is 4. The third-order valence-electron chi connectivity index (χ3n) is 5.33. The maximum absolute atomic E-state index is 9.75. The number of anilines is 3. The molecule has 0 fully saturated rings. The molecule has 0 unspecified atom stereocenters. The normalized spacial score (nSPS) is 10.2.